The largest absolute Gasteiger partial charge is 0.396 e. The van der Waals surface area contributed by atoms with Crippen molar-refractivity contribution in [2.45, 2.75) is 13.0 Å². The first-order chi connectivity index (χ1) is 8.25. The second-order valence-corrected chi connectivity index (χ2v) is 4.80. The molecule has 0 saturated heterocycles. The molecule has 17 heavy (non-hydrogen) atoms. The van der Waals surface area contributed by atoms with Crippen LogP contribution in [0.2, 0.25) is 0 Å². The maximum atomic E-state index is 13.2. The molecule has 0 heterocycles. The van der Waals surface area contributed by atoms with E-state index < -0.39 is 11.6 Å². The Bertz CT molecular complexity index is 336. The average molecular weight is 261 g/mol. The highest BCUT2D eigenvalue weighted by molar-refractivity contribution is 7.99. The van der Waals surface area contributed by atoms with Crippen LogP contribution < -0.4 is 5.32 Å². The predicted octanol–water partition coefficient (Wildman–Crippen LogP) is 2.17. The highest BCUT2D eigenvalue weighted by Gasteiger charge is 2.06. The van der Waals surface area contributed by atoms with Gasteiger partial charge in [-0.3, -0.25) is 0 Å². The predicted molar refractivity (Wildman–Crippen MR) is 67.1 cm³/mol. The number of aliphatic hydroxyl groups is 1. The number of hydrogen-bond donors (Lipinski definition) is 2. The number of nitrogens with one attached hydrogen (secondary N) is 1. The fourth-order valence-electron chi connectivity index (χ4n) is 1.32. The van der Waals surface area contributed by atoms with Crippen molar-refractivity contribution in [1.29, 1.82) is 0 Å². The van der Waals surface area contributed by atoms with E-state index in [0.717, 1.165) is 30.5 Å². The molecule has 2 N–H and O–H groups in total. The minimum Gasteiger partial charge on any atom is -0.396 e. The van der Waals surface area contributed by atoms with E-state index in [2.05, 4.69) is 5.32 Å². The zero-order chi connectivity index (χ0) is 12.5. The second-order valence-electron chi connectivity index (χ2n) is 3.58. The van der Waals surface area contributed by atoms with Gasteiger partial charge in [0.05, 0.1) is 0 Å². The lowest BCUT2D eigenvalue weighted by molar-refractivity contribution is 0.296. The van der Waals surface area contributed by atoms with Gasteiger partial charge in [-0.05, 0) is 18.2 Å². The molecule has 96 valence electrons. The number of halogens is 2. The Kier molecular flexibility index (Phi) is 7.16. The smallest absolute Gasteiger partial charge is 0.163 e. The van der Waals surface area contributed by atoms with Crippen LogP contribution >= 0.6 is 11.8 Å². The lowest BCUT2D eigenvalue weighted by Crippen LogP contribution is -2.17. The minimum atomic E-state index is -0.804. The van der Waals surface area contributed by atoms with Crippen molar-refractivity contribution < 1.29 is 13.9 Å². The van der Waals surface area contributed by atoms with Crippen molar-refractivity contribution in [3.05, 3.63) is 35.4 Å². The van der Waals surface area contributed by atoms with Gasteiger partial charge in [0, 0.05) is 31.0 Å². The van der Waals surface area contributed by atoms with Crippen molar-refractivity contribution in [2.75, 3.05) is 24.7 Å². The maximum Gasteiger partial charge on any atom is 0.163 e. The summed E-state index contributed by atoms with van der Waals surface area (Å²) in [4.78, 5) is 0. The zero-order valence-electron chi connectivity index (χ0n) is 9.59. The first kappa shape index (κ1) is 14.4. The molecule has 1 aromatic carbocycles. The highest BCUT2D eigenvalue weighted by Crippen LogP contribution is 2.10. The van der Waals surface area contributed by atoms with Gasteiger partial charge in [-0.2, -0.15) is 11.8 Å². The molecule has 0 radical (unpaired) electrons. The first-order valence-electron chi connectivity index (χ1n) is 5.58. The lowest BCUT2D eigenvalue weighted by Gasteiger charge is -2.06. The van der Waals surface area contributed by atoms with Crippen molar-refractivity contribution in [1.82, 2.24) is 5.32 Å². The van der Waals surface area contributed by atoms with Crippen molar-refractivity contribution >= 4 is 11.8 Å². The Morgan fingerprint density at radius 3 is 2.82 bits per heavy atom. The van der Waals surface area contributed by atoms with E-state index in [0.29, 0.717) is 12.1 Å². The van der Waals surface area contributed by atoms with Crippen LogP contribution in [0.25, 0.3) is 0 Å². The molecular weight excluding hydrogens is 244 g/mol. The van der Waals surface area contributed by atoms with E-state index in [1.54, 1.807) is 17.8 Å². The standard InChI is InChI=1S/C12H17F2NOS/c13-11-4-1-3-10(12(11)14)9-15-5-8-17-7-2-6-16/h1,3-4,15-16H,2,5-9H2. The lowest BCUT2D eigenvalue weighted by atomic mass is 10.2. The van der Waals surface area contributed by atoms with Gasteiger partial charge in [0.1, 0.15) is 0 Å². The monoisotopic (exact) mass is 261 g/mol. The number of hydrogen-bond acceptors (Lipinski definition) is 3. The molecule has 0 unspecified atom stereocenters. The molecule has 0 atom stereocenters. The molecule has 1 rings (SSSR count). The molecule has 0 amide bonds. The van der Waals surface area contributed by atoms with Crippen LogP contribution in [0.3, 0.4) is 0 Å². The third kappa shape index (κ3) is 5.48. The van der Waals surface area contributed by atoms with Gasteiger partial charge in [0.15, 0.2) is 11.6 Å². The van der Waals surface area contributed by atoms with E-state index in [1.807, 2.05) is 0 Å². The third-order valence-electron chi connectivity index (χ3n) is 2.22. The Labute approximate surface area is 104 Å². The average Bonchev–Trinajstić information content (AvgIpc) is 2.33. The molecule has 5 heteroatoms. The summed E-state index contributed by atoms with van der Waals surface area (Å²) in [5.74, 6) is 0.248. The molecular formula is C12H17F2NOS. The SMILES string of the molecule is OCCCSCCNCc1cccc(F)c1F. The van der Waals surface area contributed by atoms with E-state index in [-0.39, 0.29) is 6.61 Å². The maximum absolute atomic E-state index is 13.2. The Morgan fingerprint density at radius 1 is 1.24 bits per heavy atom. The van der Waals surface area contributed by atoms with Crippen molar-refractivity contribution in [3.8, 4) is 0 Å². The van der Waals surface area contributed by atoms with Gasteiger partial charge in [-0.1, -0.05) is 12.1 Å². The van der Waals surface area contributed by atoms with Crippen LogP contribution in [0, 0.1) is 11.6 Å². The van der Waals surface area contributed by atoms with Crippen LogP contribution in [0.4, 0.5) is 8.78 Å². The number of rotatable bonds is 8. The first-order valence-corrected chi connectivity index (χ1v) is 6.73. The van der Waals surface area contributed by atoms with Gasteiger partial charge in [-0.25, -0.2) is 8.78 Å². The van der Waals surface area contributed by atoms with Gasteiger partial charge in [0.25, 0.3) is 0 Å². The summed E-state index contributed by atoms with van der Waals surface area (Å²) in [5, 5.41) is 11.6. The number of benzene rings is 1. The van der Waals surface area contributed by atoms with Crippen LogP contribution in [-0.4, -0.2) is 29.8 Å². The van der Waals surface area contributed by atoms with Gasteiger partial charge < -0.3 is 10.4 Å². The molecule has 0 aliphatic rings. The summed E-state index contributed by atoms with van der Waals surface area (Å²) in [7, 11) is 0. The zero-order valence-corrected chi connectivity index (χ0v) is 10.4. The Hall–Kier alpha value is -0.650. The quantitative estimate of drug-likeness (QED) is 0.703. The number of thioether (sulfide) groups is 1. The van der Waals surface area contributed by atoms with Gasteiger partial charge in [0.2, 0.25) is 0 Å². The van der Waals surface area contributed by atoms with Crippen LogP contribution in [0.1, 0.15) is 12.0 Å². The van der Waals surface area contributed by atoms with E-state index >= 15 is 0 Å². The summed E-state index contributed by atoms with van der Waals surface area (Å²) in [6.07, 6.45) is 0.795. The molecule has 0 spiro atoms. The molecule has 0 saturated carbocycles. The van der Waals surface area contributed by atoms with E-state index in [4.69, 9.17) is 5.11 Å². The summed E-state index contributed by atoms with van der Waals surface area (Å²) >= 11 is 1.73. The van der Waals surface area contributed by atoms with Crippen LogP contribution in [0.5, 0.6) is 0 Å². The van der Waals surface area contributed by atoms with Crippen molar-refractivity contribution in [2.24, 2.45) is 0 Å². The minimum absolute atomic E-state index is 0.217. The van der Waals surface area contributed by atoms with Crippen molar-refractivity contribution in [3.63, 3.8) is 0 Å². The molecule has 2 nitrogen and oxygen atoms in total. The van der Waals surface area contributed by atoms with Crippen LogP contribution in [0.15, 0.2) is 18.2 Å². The third-order valence-corrected chi connectivity index (χ3v) is 3.29. The molecule has 0 aliphatic heterocycles. The van der Waals surface area contributed by atoms with E-state index in [9.17, 15) is 8.78 Å². The fourth-order valence-corrected chi connectivity index (χ4v) is 2.15. The topological polar surface area (TPSA) is 32.3 Å². The molecule has 0 aliphatic carbocycles. The Balaban J connectivity index is 2.16. The summed E-state index contributed by atoms with van der Waals surface area (Å²) in [5.41, 5.74) is 0.352. The molecule has 0 bridgehead atoms. The Morgan fingerprint density at radius 2 is 2.06 bits per heavy atom. The summed E-state index contributed by atoms with van der Waals surface area (Å²) < 4.78 is 26.1. The second kappa shape index (κ2) is 8.44. The molecule has 1 aromatic rings. The summed E-state index contributed by atoms with van der Waals surface area (Å²) in [6, 6.07) is 4.19. The van der Waals surface area contributed by atoms with Gasteiger partial charge in [-0.15, -0.1) is 0 Å². The molecule has 0 aromatic heterocycles. The van der Waals surface area contributed by atoms with E-state index in [1.165, 1.54) is 6.07 Å². The number of aliphatic hydroxyl groups excluding tert-OH is 1. The molecule has 0 fully saturated rings. The summed E-state index contributed by atoms with van der Waals surface area (Å²) in [6.45, 7) is 1.30. The van der Waals surface area contributed by atoms with Gasteiger partial charge >= 0.3 is 0 Å². The van der Waals surface area contributed by atoms with Crippen LogP contribution in [-0.2, 0) is 6.54 Å². The fraction of sp³-hybridized carbons (Fsp3) is 0.500. The highest BCUT2D eigenvalue weighted by atomic mass is 32.2. The normalized spacial score (nSPS) is 10.8.